The van der Waals surface area contributed by atoms with Gasteiger partial charge in [-0.1, -0.05) is 23.5 Å². The van der Waals surface area contributed by atoms with Gasteiger partial charge >= 0.3 is 5.97 Å². The van der Waals surface area contributed by atoms with Crippen molar-refractivity contribution in [1.82, 2.24) is 15.6 Å². The van der Waals surface area contributed by atoms with E-state index < -0.39 is 47.9 Å². The largest absolute Gasteiger partial charge is 0.508 e. The highest BCUT2D eigenvalue weighted by Crippen LogP contribution is 2.16. The number of nitrogens with zero attached hydrogens (tertiary/aromatic N) is 1. The van der Waals surface area contributed by atoms with Crippen LogP contribution in [0.1, 0.15) is 60.7 Å². The van der Waals surface area contributed by atoms with Crippen molar-refractivity contribution in [2.45, 2.75) is 64.0 Å². The molecule has 0 radical (unpaired) electrons. The number of aromatic nitrogens is 1. The van der Waals surface area contributed by atoms with E-state index in [1.165, 1.54) is 25.3 Å². The molecule has 2 amide bonds. The summed E-state index contributed by atoms with van der Waals surface area (Å²) in [5, 5.41) is 26.6. The number of aldehydes is 1. The van der Waals surface area contributed by atoms with Crippen molar-refractivity contribution in [3.63, 3.8) is 0 Å². The third kappa shape index (κ3) is 12.5. The molecule has 0 unspecified atom stereocenters. The fraction of sp³-hybridized carbons (Fsp3) is 0.407. The van der Waals surface area contributed by atoms with E-state index in [0.717, 1.165) is 11.3 Å². The molecule has 0 fully saturated rings. The maximum Gasteiger partial charge on any atom is 0.303 e. The van der Waals surface area contributed by atoms with Crippen molar-refractivity contribution in [3.8, 4) is 5.75 Å². The molecule has 1 aromatic heterocycles. The Balaban J connectivity index is 1.77. The fourth-order valence-corrected chi connectivity index (χ4v) is 4.20. The predicted octanol–water partition coefficient (Wildman–Crippen LogP) is 1.44. The lowest BCUT2D eigenvalue weighted by Crippen LogP contribution is -2.43. The highest BCUT2D eigenvalue weighted by Gasteiger charge is 2.23. The number of anilines is 1. The maximum absolute atomic E-state index is 12.6. The van der Waals surface area contributed by atoms with Gasteiger partial charge in [-0.2, -0.15) is 0 Å². The molecule has 13 nitrogen and oxygen atoms in total. The Morgan fingerprint density at radius 1 is 0.902 bits per heavy atom. The van der Waals surface area contributed by atoms with E-state index >= 15 is 0 Å². The molecule has 0 aliphatic carbocycles. The maximum atomic E-state index is 12.6. The lowest BCUT2D eigenvalue weighted by Gasteiger charge is -2.18. The van der Waals surface area contributed by atoms with Crippen molar-refractivity contribution in [2.75, 3.05) is 11.9 Å². The van der Waals surface area contributed by atoms with Crippen LogP contribution in [0.25, 0.3) is 0 Å². The average molecular weight is 589 g/mol. The number of carbonyl (C=O) groups is 7. The number of hydrogen-bond acceptors (Lipinski definition) is 11. The summed E-state index contributed by atoms with van der Waals surface area (Å²) in [6, 6.07) is 4.06. The summed E-state index contributed by atoms with van der Waals surface area (Å²) >= 11 is 1.09. The van der Waals surface area contributed by atoms with Crippen LogP contribution in [0.15, 0.2) is 30.5 Å². The van der Waals surface area contributed by atoms with Crippen LogP contribution in [0.2, 0.25) is 0 Å². The number of Topliss-reactive ketones (excluding diaryl/α,β-unsaturated/α-hetero) is 3. The van der Waals surface area contributed by atoms with Crippen LogP contribution in [0.3, 0.4) is 0 Å². The number of rotatable bonds is 19. The molecular weight excluding hydrogens is 556 g/mol. The number of carbonyl (C=O) groups excluding carboxylic acids is 6. The van der Waals surface area contributed by atoms with Crippen molar-refractivity contribution in [2.24, 2.45) is 0 Å². The zero-order valence-corrected chi connectivity index (χ0v) is 23.2. The van der Waals surface area contributed by atoms with Crippen molar-refractivity contribution >= 4 is 57.9 Å². The van der Waals surface area contributed by atoms with E-state index in [0.29, 0.717) is 21.9 Å². The van der Waals surface area contributed by atoms with E-state index in [9.17, 15) is 38.7 Å². The molecule has 1 aromatic carbocycles. The van der Waals surface area contributed by atoms with Crippen molar-refractivity contribution < 1.29 is 43.8 Å². The molecule has 5 N–H and O–H groups in total. The normalized spacial score (nSPS) is 12.0. The molecule has 0 aliphatic heterocycles. The molecule has 14 heteroatoms. The second-order valence-corrected chi connectivity index (χ2v) is 10.2. The minimum absolute atomic E-state index is 0.0247. The molecule has 0 bridgehead atoms. The topological polar surface area (TPSA) is 209 Å². The van der Waals surface area contributed by atoms with E-state index in [2.05, 4.69) is 20.9 Å². The monoisotopic (exact) mass is 588 g/mol. The van der Waals surface area contributed by atoms with Crippen LogP contribution < -0.4 is 16.0 Å². The number of nitrogens with one attached hydrogen (secondary N) is 3. The molecule has 0 saturated heterocycles. The Morgan fingerprint density at radius 2 is 1.54 bits per heavy atom. The minimum atomic E-state index is -1.15. The molecular formula is C27H32N4O9S. The number of carboxylic acids is 1. The number of thiazole rings is 1. The zero-order chi connectivity index (χ0) is 30.4. The lowest BCUT2D eigenvalue weighted by molar-refractivity contribution is -0.139. The van der Waals surface area contributed by atoms with Gasteiger partial charge < -0.3 is 26.2 Å². The van der Waals surface area contributed by atoms with Gasteiger partial charge in [-0.15, -0.1) is 0 Å². The van der Waals surface area contributed by atoms with Gasteiger partial charge in [0.25, 0.3) is 0 Å². The first-order valence-corrected chi connectivity index (χ1v) is 13.6. The summed E-state index contributed by atoms with van der Waals surface area (Å²) in [5.74, 6) is -3.41. The fourth-order valence-electron chi connectivity index (χ4n) is 3.57. The Morgan fingerprint density at radius 3 is 2.17 bits per heavy atom. The molecule has 2 atom stereocenters. The van der Waals surface area contributed by atoms with Gasteiger partial charge in [0.15, 0.2) is 28.8 Å². The molecule has 0 saturated carbocycles. The van der Waals surface area contributed by atoms with Gasteiger partial charge in [-0.25, -0.2) is 4.98 Å². The number of phenolic OH excluding ortho intramolecular Hbond substituents is 1. The predicted molar refractivity (Wildman–Crippen MR) is 148 cm³/mol. The smallest absolute Gasteiger partial charge is 0.303 e. The summed E-state index contributed by atoms with van der Waals surface area (Å²) in [5.41, 5.74) is 0.633. The quantitative estimate of drug-likeness (QED) is 0.148. The Bertz CT molecular complexity index is 1260. The number of phenols is 1. The second kappa shape index (κ2) is 16.6. The van der Waals surface area contributed by atoms with Gasteiger partial charge in [0.1, 0.15) is 5.75 Å². The first-order chi connectivity index (χ1) is 19.5. The number of hydrogen-bond donors (Lipinski definition) is 5. The molecule has 1 heterocycles. The second-order valence-electron chi connectivity index (χ2n) is 9.18. The van der Waals surface area contributed by atoms with Crippen LogP contribution >= 0.6 is 11.3 Å². The summed E-state index contributed by atoms with van der Waals surface area (Å²) in [6.07, 6.45) is 0.705. The van der Waals surface area contributed by atoms with Crippen LogP contribution in [-0.4, -0.2) is 75.2 Å². The van der Waals surface area contributed by atoms with Crippen molar-refractivity contribution in [3.05, 3.63) is 40.9 Å². The summed E-state index contributed by atoms with van der Waals surface area (Å²) in [4.78, 5) is 87.7. The third-order valence-corrected chi connectivity index (χ3v) is 6.73. The highest BCUT2D eigenvalue weighted by molar-refractivity contribution is 7.17. The standard InChI is InChI=1S/C27H32N4O9S/c1-16(30-24(37)9-6-19(34)13-28-27-29-14-20(15-32)41-27)22(35)7-10-25(38)31-21(23(36)8-11-26(39)40)12-17-2-4-18(33)5-3-17/h2-5,14-16,21,33H,6-13H2,1H3,(H,28,29)(H,30,37)(H,31,38)(H,39,40)/t16-,21-/m0/s1. The first-order valence-electron chi connectivity index (χ1n) is 12.8. The van der Waals surface area contributed by atoms with Gasteiger partial charge in [0.2, 0.25) is 11.8 Å². The molecule has 41 heavy (non-hydrogen) atoms. The van der Waals surface area contributed by atoms with Gasteiger partial charge in [-0.05, 0) is 31.0 Å². The summed E-state index contributed by atoms with van der Waals surface area (Å²) < 4.78 is 0. The number of carboxylic acid groups (broad SMARTS) is 1. The summed E-state index contributed by atoms with van der Waals surface area (Å²) in [6.45, 7) is 1.38. The van der Waals surface area contributed by atoms with Crippen LogP contribution in [0.5, 0.6) is 5.75 Å². The van der Waals surface area contributed by atoms with Gasteiger partial charge in [-0.3, -0.25) is 33.6 Å². The first kappa shape index (κ1) is 32.8. The zero-order valence-electron chi connectivity index (χ0n) is 22.4. The molecule has 2 rings (SSSR count). The van der Waals surface area contributed by atoms with Crippen molar-refractivity contribution in [1.29, 1.82) is 0 Å². The minimum Gasteiger partial charge on any atom is -0.508 e. The van der Waals surface area contributed by atoms with E-state index in [1.807, 2.05) is 0 Å². The number of aliphatic carboxylic acids is 1. The Kier molecular flexibility index (Phi) is 13.3. The van der Waals surface area contributed by atoms with Crippen LogP contribution in [0.4, 0.5) is 5.13 Å². The van der Waals surface area contributed by atoms with E-state index in [-0.39, 0.29) is 56.6 Å². The number of benzene rings is 1. The number of aromatic hydroxyl groups is 1. The SMILES string of the molecule is C[C@H](NC(=O)CCC(=O)CNc1ncc(C=O)s1)C(=O)CCC(=O)N[C@@H](Cc1ccc(O)cc1)C(=O)CCC(=O)O. The Labute approximate surface area is 239 Å². The van der Waals surface area contributed by atoms with Crippen LogP contribution in [0, 0.1) is 0 Å². The molecule has 220 valence electrons. The number of amides is 2. The Hall–Kier alpha value is -4.46. The van der Waals surface area contributed by atoms with Gasteiger partial charge in [0.05, 0.1) is 36.1 Å². The molecule has 0 aliphatic rings. The summed E-state index contributed by atoms with van der Waals surface area (Å²) in [7, 11) is 0. The molecule has 0 spiro atoms. The number of ketones is 3. The lowest BCUT2D eigenvalue weighted by atomic mass is 9.99. The third-order valence-electron chi connectivity index (χ3n) is 5.85. The van der Waals surface area contributed by atoms with Crippen LogP contribution in [-0.2, 0) is 35.2 Å². The van der Waals surface area contributed by atoms with E-state index in [4.69, 9.17) is 5.11 Å². The average Bonchev–Trinajstić information content (AvgIpc) is 3.41. The van der Waals surface area contributed by atoms with Gasteiger partial charge in [0, 0.05) is 32.1 Å². The molecule has 2 aromatic rings. The highest BCUT2D eigenvalue weighted by atomic mass is 32.1. The van der Waals surface area contributed by atoms with E-state index in [1.54, 1.807) is 12.1 Å².